The minimum absolute atomic E-state index is 0.0426. The number of hydrogen-bond acceptors (Lipinski definition) is 6. The van der Waals surface area contributed by atoms with Gasteiger partial charge < -0.3 is 20.1 Å². The highest BCUT2D eigenvalue weighted by molar-refractivity contribution is 8.00. The van der Waals surface area contributed by atoms with Gasteiger partial charge in [-0.25, -0.2) is 4.39 Å². The van der Waals surface area contributed by atoms with E-state index in [2.05, 4.69) is 10.6 Å². The fraction of sp³-hybridized carbons (Fsp3) is 0.0645. The standard InChI is InChI=1S/C31H22ClFN2O5S/c32-24-10-5-11-25(33)23(24)16-26(35-30(37)19-6-2-1-3-7-19)31(38)34-21-8-4-9-22(15-21)41-17-27(36)20-12-13-28-29(14-20)40-18-39-28/h1-16H,17-18H2,(H,34,38)(H,35,37)/b26-16-. The molecule has 4 aromatic carbocycles. The van der Waals surface area contributed by atoms with Crippen molar-refractivity contribution in [1.29, 1.82) is 0 Å². The summed E-state index contributed by atoms with van der Waals surface area (Å²) < 4.78 is 25.2. The molecular formula is C31H22ClFN2O5S. The molecule has 0 saturated carbocycles. The maximum atomic E-state index is 14.5. The first kappa shape index (κ1) is 27.9. The zero-order chi connectivity index (χ0) is 28.8. The van der Waals surface area contributed by atoms with E-state index in [4.69, 9.17) is 21.1 Å². The predicted octanol–water partition coefficient (Wildman–Crippen LogP) is 6.59. The van der Waals surface area contributed by atoms with Crippen LogP contribution in [0.3, 0.4) is 0 Å². The highest BCUT2D eigenvalue weighted by atomic mass is 35.5. The molecule has 10 heteroatoms. The van der Waals surface area contributed by atoms with Crippen molar-refractivity contribution in [2.24, 2.45) is 0 Å². The second kappa shape index (κ2) is 12.7. The molecule has 0 bridgehead atoms. The minimum Gasteiger partial charge on any atom is -0.454 e. The number of benzene rings is 4. The lowest BCUT2D eigenvalue weighted by Crippen LogP contribution is -2.30. The van der Waals surface area contributed by atoms with Crippen LogP contribution in [0, 0.1) is 5.82 Å². The molecule has 2 amide bonds. The molecule has 0 fully saturated rings. The topological polar surface area (TPSA) is 93.7 Å². The molecule has 1 heterocycles. The van der Waals surface area contributed by atoms with Gasteiger partial charge in [0.05, 0.1) is 10.8 Å². The third-order valence-corrected chi connectivity index (χ3v) is 7.30. The van der Waals surface area contributed by atoms with Crippen LogP contribution in [0.2, 0.25) is 5.02 Å². The van der Waals surface area contributed by atoms with Gasteiger partial charge in [-0.3, -0.25) is 14.4 Å². The third-order valence-electron chi connectivity index (χ3n) is 5.97. The number of ketones is 1. The van der Waals surface area contributed by atoms with Gasteiger partial charge in [-0.15, -0.1) is 11.8 Å². The third kappa shape index (κ3) is 6.95. The van der Waals surface area contributed by atoms with E-state index < -0.39 is 17.6 Å². The molecule has 4 aromatic rings. The van der Waals surface area contributed by atoms with Crippen LogP contribution in [0.25, 0.3) is 6.08 Å². The molecule has 1 aliphatic heterocycles. The number of carbonyl (C=O) groups excluding carboxylic acids is 3. The first-order valence-corrected chi connectivity index (χ1v) is 13.7. The summed E-state index contributed by atoms with van der Waals surface area (Å²) in [6, 6.07) is 24.4. The van der Waals surface area contributed by atoms with Crippen molar-refractivity contribution in [2.45, 2.75) is 4.90 Å². The number of hydrogen-bond donors (Lipinski definition) is 2. The van der Waals surface area contributed by atoms with Crippen molar-refractivity contribution >= 4 is 52.7 Å². The lowest BCUT2D eigenvalue weighted by atomic mass is 10.1. The molecule has 2 N–H and O–H groups in total. The van der Waals surface area contributed by atoms with E-state index in [0.29, 0.717) is 28.3 Å². The summed E-state index contributed by atoms with van der Waals surface area (Å²) in [6.45, 7) is 0.125. The average Bonchev–Trinajstić information content (AvgIpc) is 3.46. The molecule has 41 heavy (non-hydrogen) atoms. The van der Waals surface area contributed by atoms with Crippen molar-refractivity contribution in [3.05, 3.63) is 124 Å². The van der Waals surface area contributed by atoms with Gasteiger partial charge in [0.15, 0.2) is 17.3 Å². The summed E-state index contributed by atoms with van der Waals surface area (Å²) in [6.07, 6.45) is 1.19. The number of rotatable bonds is 9. The van der Waals surface area contributed by atoms with Gasteiger partial charge in [0, 0.05) is 27.3 Å². The van der Waals surface area contributed by atoms with E-state index in [1.165, 1.54) is 36.0 Å². The number of halogens is 2. The summed E-state index contributed by atoms with van der Waals surface area (Å²) in [5.41, 5.74) is 0.981. The predicted molar refractivity (Wildman–Crippen MR) is 156 cm³/mol. The van der Waals surface area contributed by atoms with Crippen LogP contribution in [-0.2, 0) is 4.79 Å². The van der Waals surface area contributed by atoms with E-state index in [1.54, 1.807) is 72.8 Å². The lowest BCUT2D eigenvalue weighted by Gasteiger charge is -2.13. The molecule has 0 spiro atoms. The van der Waals surface area contributed by atoms with Crippen LogP contribution in [0.5, 0.6) is 11.5 Å². The zero-order valence-corrected chi connectivity index (χ0v) is 22.9. The fourth-order valence-corrected chi connectivity index (χ4v) is 4.97. The van der Waals surface area contributed by atoms with Crippen LogP contribution >= 0.6 is 23.4 Å². The van der Waals surface area contributed by atoms with E-state index in [9.17, 15) is 18.8 Å². The summed E-state index contributed by atoms with van der Waals surface area (Å²) in [4.78, 5) is 39.6. The smallest absolute Gasteiger partial charge is 0.272 e. The van der Waals surface area contributed by atoms with Crippen molar-refractivity contribution < 1.29 is 28.2 Å². The fourth-order valence-electron chi connectivity index (χ4n) is 3.90. The van der Waals surface area contributed by atoms with Gasteiger partial charge >= 0.3 is 0 Å². The van der Waals surface area contributed by atoms with Crippen LogP contribution < -0.4 is 20.1 Å². The Labute approximate surface area is 244 Å². The molecule has 0 aromatic heterocycles. The Kier molecular flexibility index (Phi) is 8.67. The molecule has 5 rings (SSSR count). The Hall–Kier alpha value is -4.60. The molecule has 0 unspecified atom stereocenters. The summed E-state index contributed by atoms with van der Waals surface area (Å²) in [7, 11) is 0. The zero-order valence-electron chi connectivity index (χ0n) is 21.4. The average molecular weight is 589 g/mol. The summed E-state index contributed by atoms with van der Waals surface area (Å²) in [5.74, 6) is -0.700. The first-order chi connectivity index (χ1) is 19.9. The summed E-state index contributed by atoms with van der Waals surface area (Å²) in [5, 5.41) is 5.37. The minimum atomic E-state index is -0.688. The Morgan fingerprint density at radius 2 is 1.66 bits per heavy atom. The molecule has 1 aliphatic rings. The highest BCUT2D eigenvalue weighted by Crippen LogP contribution is 2.33. The number of ether oxygens (including phenoxy) is 2. The molecule has 0 saturated heterocycles. The molecule has 0 atom stereocenters. The van der Waals surface area contributed by atoms with E-state index in [1.807, 2.05) is 0 Å². The number of anilines is 1. The van der Waals surface area contributed by atoms with E-state index in [-0.39, 0.29) is 34.6 Å². The number of nitrogens with one attached hydrogen (secondary N) is 2. The Morgan fingerprint density at radius 1 is 0.878 bits per heavy atom. The molecule has 0 aliphatic carbocycles. The highest BCUT2D eigenvalue weighted by Gasteiger charge is 2.18. The van der Waals surface area contributed by atoms with Gasteiger partial charge in [-0.2, -0.15) is 0 Å². The largest absolute Gasteiger partial charge is 0.454 e. The summed E-state index contributed by atoms with van der Waals surface area (Å²) >= 11 is 7.47. The van der Waals surface area contributed by atoms with Gasteiger partial charge in [-0.1, -0.05) is 41.9 Å². The van der Waals surface area contributed by atoms with Crippen LogP contribution in [-0.4, -0.2) is 30.1 Å². The lowest BCUT2D eigenvalue weighted by molar-refractivity contribution is -0.113. The quantitative estimate of drug-likeness (QED) is 0.130. The van der Waals surface area contributed by atoms with Crippen molar-refractivity contribution in [1.82, 2.24) is 5.32 Å². The van der Waals surface area contributed by atoms with Crippen molar-refractivity contribution in [2.75, 3.05) is 17.9 Å². The van der Waals surface area contributed by atoms with Crippen LogP contribution in [0.15, 0.2) is 102 Å². The van der Waals surface area contributed by atoms with Crippen LogP contribution in [0.4, 0.5) is 10.1 Å². The van der Waals surface area contributed by atoms with Gasteiger partial charge in [0.1, 0.15) is 11.5 Å². The second-order valence-corrected chi connectivity index (χ2v) is 10.2. The normalized spacial score (nSPS) is 12.1. The van der Waals surface area contributed by atoms with Gasteiger partial charge in [-0.05, 0) is 66.7 Å². The van der Waals surface area contributed by atoms with E-state index >= 15 is 0 Å². The maximum Gasteiger partial charge on any atom is 0.272 e. The van der Waals surface area contributed by atoms with Gasteiger partial charge in [0.2, 0.25) is 6.79 Å². The Morgan fingerprint density at radius 3 is 2.46 bits per heavy atom. The number of carbonyl (C=O) groups is 3. The van der Waals surface area contributed by atoms with Crippen LogP contribution in [0.1, 0.15) is 26.3 Å². The first-order valence-electron chi connectivity index (χ1n) is 12.4. The number of fused-ring (bicyclic) bond motifs is 1. The second-order valence-electron chi connectivity index (χ2n) is 8.78. The van der Waals surface area contributed by atoms with Crippen molar-refractivity contribution in [3.63, 3.8) is 0 Å². The number of Topliss-reactive ketones (excluding diaryl/α,β-unsaturated/α-hetero) is 1. The molecule has 0 radical (unpaired) electrons. The Balaban J connectivity index is 1.31. The van der Waals surface area contributed by atoms with E-state index in [0.717, 1.165) is 4.90 Å². The maximum absolute atomic E-state index is 14.5. The van der Waals surface area contributed by atoms with Gasteiger partial charge in [0.25, 0.3) is 11.8 Å². The molecule has 7 nitrogen and oxygen atoms in total. The molecular weight excluding hydrogens is 567 g/mol. The number of thioether (sulfide) groups is 1. The Bertz CT molecular complexity index is 1640. The monoisotopic (exact) mass is 588 g/mol. The van der Waals surface area contributed by atoms with Crippen molar-refractivity contribution in [3.8, 4) is 11.5 Å². The molecule has 206 valence electrons. The number of amides is 2. The SMILES string of the molecule is O=C(Nc1cccc(SCC(=O)c2ccc3c(c2)OCO3)c1)/C(=C/c1c(F)cccc1Cl)NC(=O)c1ccccc1.